The SMILES string of the molecule is CNc1ccc2c(=O)n(-c3ncc(NC(=O)NS(=O)(=O)c4cc(Cl)c(Cl)s4)cc3F)c(=O)[nH]c2c1. The van der Waals surface area contributed by atoms with Gasteiger partial charge in [0.2, 0.25) is 0 Å². The summed E-state index contributed by atoms with van der Waals surface area (Å²) in [6, 6.07) is 5.23. The molecule has 0 unspecified atom stereocenters. The van der Waals surface area contributed by atoms with Crippen molar-refractivity contribution in [3.05, 3.63) is 72.5 Å². The van der Waals surface area contributed by atoms with Crippen LogP contribution in [0, 0.1) is 5.82 Å². The molecule has 3 heterocycles. The Kier molecular flexibility index (Phi) is 6.55. The Hall–Kier alpha value is -3.46. The number of pyridine rings is 1. The highest BCUT2D eigenvalue weighted by atomic mass is 35.5. The average Bonchev–Trinajstić information content (AvgIpc) is 3.13. The smallest absolute Gasteiger partial charge is 0.334 e. The first kappa shape index (κ1) is 24.7. The van der Waals surface area contributed by atoms with Gasteiger partial charge < -0.3 is 15.6 Å². The number of urea groups is 1. The van der Waals surface area contributed by atoms with Crippen LogP contribution in [0.5, 0.6) is 0 Å². The molecular weight excluding hydrogens is 546 g/mol. The van der Waals surface area contributed by atoms with Crippen LogP contribution in [0.15, 0.2) is 50.3 Å². The van der Waals surface area contributed by atoms with Gasteiger partial charge in [0.25, 0.3) is 15.6 Å². The zero-order valence-corrected chi connectivity index (χ0v) is 20.5. The normalized spacial score (nSPS) is 11.4. The van der Waals surface area contributed by atoms with Crippen molar-refractivity contribution in [2.24, 2.45) is 0 Å². The number of thiophene rings is 1. The van der Waals surface area contributed by atoms with E-state index in [0.29, 0.717) is 21.6 Å². The summed E-state index contributed by atoms with van der Waals surface area (Å²) in [5.41, 5.74) is -1.09. The van der Waals surface area contributed by atoms with Crippen molar-refractivity contribution < 1.29 is 17.6 Å². The van der Waals surface area contributed by atoms with Gasteiger partial charge in [-0.1, -0.05) is 23.2 Å². The van der Waals surface area contributed by atoms with E-state index in [1.807, 2.05) is 0 Å². The van der Waals surface area contributed by atoms with Crippen molar-refractivity contribution in [1.29, 1.82) is 0 Å². The quantitative estimate of drug-likeness (QED) is 0.293. The first-order chi connectivity index (χ1) is 16.5. The maximum Gasteiger partial charge on any atom is 0.334 e. The molecular formula is C19H13Cl2FN6O5S2. The third kappa shape index (κ3) is 4.86. The number of hydrogen-bond donors (Lipinski definition) is 4. The lowest BCUT2D eigenvalue weighted by Gasteiger charge is -2.10. The van der Waals surface area contributed by atoms with Crippen LogP contribution in [0.2, 0.25) is 9.36 Å². The molecule has 0 saturated heterocycles. The number of rotatable bonds is 5. The highest BCUT2D eigenvalue weighted by Crippen LogP contribution is 2.34. The summed E-state index contributed by atoms with van der Waals surface area (Å²) in [5.74, 6) is -1.74. The van der Waals surface area contributed by atoms with Gasteiger partial charge in [0, 0.05) is 18.8 Å². The van der Waals surface area contributed by atoms with Gasteiger partial charge in [0.15, 0.2) is 11.6 Å². The molecule has 4 rings (SSSR count). The summed E-state index contributed by atoms with van der Waals surface area (Å²) < 4.78 is 41.3. The number of amides is 2. The number of halogens is 3. The number of sulfonamides is 1. The number of H-pyrrole nitrogens is 1. The van der Waals surface area contributed by atoms with E-state index in [1.54, 1.807) is 23.9 Å². The van der Waals surface area contributed by atoms with Gasteiger partial charge in [-0.15, -0.1) is 11.3 Å². The van der Waals surface area contributed by atoms with Crippen molar-refractivity contribution in [2.75, 3.05) is 17.7 Å². The highest BCUT2D eigenvalue weighted by Gasteiger charge is 2.22. The van der Waals surface area contributed by atoms with Crippen molar-refractivity contribution >= 4 is 72.9 Å². The zero-order valence-electron chi connectivity index (χ0n) is 17.4. The molecule has 0 saturated carbocycles. The number of benzene rings is 1. The molecule has 4 N–H and O–H groups in total. The molecule has 35 heavy (non-hydrogen) atoms. The molecule has 0 aliphatic carbocycles. The van der Waals surface area contributed by atoms with E-state index < -0.39 is 38.9 Å². The molecule has 0 bridgehead atoms. The van der Waals surface area contributed by atoms with E-state index in [9.17, 15) is 27.2 Å². The summed E-state index contributed by atoms with van der Waals surface area (Å²) in [6.45, 7) is 0. The summed E-state index contributed by atoms with van der Waals surface area (Å²) in [5, 5.41) is 5.09. The largest absolute Gasteiger partial charge is 0.388 e. The molecule has 0 atom stereocenters. The van der Waals surface area contributed by atoms with Gasteiger partial charge in [-0.25, -0.2) is 36.7 Å². The molecule has 2 amide bonds. The Morgan fingerprint density at radius 3 is 2.54 bits per heavy atom. The predicted molar refractivity (Wildman–Crippen MR) is 131 cm³/mol. The third-order valence-corrected chi connectivity index (χ3v) is 8.26. The van der Waals surface area contributed by atoms with Gasteiger partial charge >= 0.3 is 11.7 Å². The molecule has 0 aliphatic rings. The van der Waals surface area contributed by atoms with E-state index >= 15 is 0 Å². The second-order valence-electron chi connectivity index (χ2n) is 6.86. The summed E-state index contributed by atoms with van der Waals surface area (Å²) in [6.07, 6.45) is 0.948. The number of nitrogens with zero attached hydrogens (tertiary/aromatic N) is 2. The number of carbonyl (C=O) groups is 1. The first-order valence-corrected chi connectivity index (χ1v) is 12.5. The second kappa shape index (κ2) is 9.30. The molecule has 0 fully saturated rings. The van der Waals surface area contributed by atoms with Gasteiger partial charge in [-0.05, 0) is 24.3 Å². The van der Waals surface area contributed by atoms with E-state index in [-0.39, 0.29) is 30.2 Å². The van der Waals surface area contributed by atoms with Crippen LogP contribution in [0.4, 0.5) is 20.6 Å². The van der Waals surface area contributed by atoms with Gasteiger partial charge in [-0.3, -0.25) is 4.79 Å². The summed E-state index contributed by atoms with van der Waals surface area (Å²) in [7, 11) is -2.64. The van der Waals surface area contributed by atoms with Gasteiger partial charge in [0.1, 0.15) is 8.55 Å². The second-order valence-corrected chi connectivity index (χ2v) is 10.8. The van der Waals surface area contributed by atoms with Crippen molar-refractivity contribution in [3.8, 4) is 5.82 Å². The summed E-state index contributed by atoms with van der Waals surface area (Å²) >= 11 is 12.1. The molecule has 0 spiro atoms. The molecule has 1 aromatic carbocycles. The standard InChI is InChI=1S/C19H13Cl2FN6O5S2/c1-23-8-2-3-10-13(5-8)26-19(31)28(17(10)29)16-12(22)4-9(7-24-16)25-18(30)27-35(32,33)14-6-11(20)15(21)34-14/h2-7,23H,1H3,(H,26,31)(H2,25,27,30). The van der Waals surface area contributed by atoms with Crippen LogP contribution in [0.3, 0.4) is 0 Å². The van der Waals surface area contributed by atoms with Crippen molar-refractivity contribution in [3.63, 3.8) is 0 Å². The molecule has 16 heteroatoms. The topological polar surface area (TPSA) is 155 Å². The number of carbonyl (C=O) groups excluding carboxylic acids is 1. The summed E-state index contributed by atoms with van der Waals surface area (Å²) in [4.78, 5) is 43.7. The van der Waals surface area contributed by atoms with Gasteiger partial charge in [0.05, 0.1) is 27.8 Å². The fraction of sp³-hybridized carbons (Fsp3) is 0.0526. The molecule has 0 radical (unpaired) electrons. The monoisotopic (exact) mass is 558 g/mol. The lowest BCUT2D eigenvalue weighted by atomic mass is 10.2. The number of aromatic nitrogens is 3. The third-order valence-electron chi connectivity index (χ3n) is 4.59. The number of fused-ring (bicyclic) bond motifs is 1. The van der Waals surface area contributed by atoms with Crippen LogP contribution in [-0.2, 0) is 10.0 Å². The van der Waals surface area contributed by atoms with Crippen LogP contribution < -0.4 is 26.6 Å². The first-order valence-electron chi connectivity index (χ1n) is 9.41. The number of anilines is 2. The molecule has 4 aromatic rings. The number of hydrogen-bond acceptors (Lipinski definition) is 8. The minimum Gasteiger partial charge on any atom is -0.388 e. The Balaban J connectivity index is 1.61. The minimum absolute atomic E-state index is 0.000649. The number of nitrogens with one attached hydrogen (secondary N) is 4. The Labute approximate surface area is 209 Å². The molecule has 11 nitrogen and oxygen atoms in total. The average molecular weight is 559 g/mol. The van der Waals surface area contributed by atoms with E-state index in [2.05, 4.69) is 20.6 Å². The predicted octanol–water partition coefficient (Wildman–Crippen LogP) is 3.13. The maximum atomic E-state index is 14.8. The van der Waals surface area contributed by atoms with Crippen molar-refractivity contribution in [1.82, 2.24) is 19.3 Å². The van der Waals surface area contributed by atoms with Crippen LogP contribution in [0.1, 0.15) is 0 Å². The van der Waals surface area contributed by atoms with Crippen LogP contribution >= 0.6 is 34.5 Å². The van der Waals surface area contributed by atoms with Gasteiger partial charge in [-0.2, -0.15) is 0 Å². The zero-order chi connectivity index (χ0) is 25.5. The minimum atomic E-state index is -4.30. The lowest BCUT2D eigenvalue weighted by Crippen LogP contribution is -2.35. The van der Waals surface area contributed by atoms with E-state index in [1.165, 1.54) is 6.07 Å². The van der Waals surface area contributed by atoms with Crippen LogP contribution in [-0.4, -0.2) is 36.0 Å². The highest BCUT2D eigenvalue weighted by molar-refractivity contribution is 7.92. The Morgan fingerprint density at radius 1 is 1.17 bits per heavy atom. The lowest BCUT2D eigenvalue weighted by molar-refractivity contribution is 0.256. The Bertz CT molecular complexity index is 1700. The van der Waals surface area contributed by atoms with E-state index in [4.69, 9.17) is 23.2 Å². The maximum absolute atomic E-state index is 14.8. The number of aromatic amines is 1. The molecule has 3 aromatic heterocycles. The molecule has 0 aliphatic heterocycles. The Morgan fingerprint density at radius 2 is 1.91 bits per heavy atom. The van der Waals surface area contributed by atoms with E-state index in [0.717, 1.165) is 18.3 Å². The van der Waals surface area contributed by atoms with Crippen molar-refractivity contribution in [2.45, 2.75) is 4.21 Å². The fourth-order valence-corrected chi connectivity index (χ4v) is 5.81. The molecule has 182 valence electrons. The fourth-order valence-electron chi connectivity index (χ4n) is 3.02. The van der Waals surface area contributed by atoms with Crippen LogP contribution in [0.25, 0.3) is 16.7 Å².